The molecule has 7 heteroatoms. The van der Waals surface area contributed by atoms with E-state index < -0.39 is 11.3 Å². The predicted molar refractivity (Wildman–Crippen MR) is 193 cm³/mol. The van der Waals surface area contributed by atoms with Gasteiger partial charge in [0, 0.05) is 34.3 Å². The minimum absolute atomic E-state index is 0.0323. The van der Waals surface area contributed by atoms with E-state index in [1.54, 1.807) is 5.01 Å². The van der Waals surface area contributed by atoms with Crippen LogP contribution in [0.15, 0.2) is 132 Å². The number of aliphatic hydroxyl groups is 1. The van der Waals surface area contributed by atoms with Gasteiger partial charge < -0.3 is 15.3 Å². The Balaban J connectivity index is 1.30. The fourth-order valence-corrected chi connectivity index (χ4v) is 7.80. The lowest BCUT2D eigenvalue weighted by molar-refractivity contribution is -0.109. The molecule has 234 valence electrons. The summed E-state index contributed by atoms with van der Waals surface area (Å²) in [4.78, 5) is 22.0. The number of allylic oxidation sites excluding steroid dienone is 2. The first kappa shape index (κ1) is 28.3. The van der Waals surface area contributed by atoms with Gasteiger partial charge in [0.05, 0.1) is 27.9 Å². The molecule has 48 heavy (non-hydrogen) atoms. The molecule has 1 aliphatic carbocycles. The van der Waals surface area contributed by atoms with Gasteiger partial charge in [0.15, 0.2) is 5.66 Å². The molecule has 4 N–H and O–H groups in total. The lowest BCUT2D eigenvalue weighted by Crippen LogP contribution is -2.56. The van der Waals surface area contributed by atoms with Gasteiger partial charge in [-0.15, -0.1) is 0 Å². The molecule has 0 aromatic heterocycles. The van der Waals surface area contributed by atoms with Crippen molar-refractivity contribution in [2.24, 2.45) is 10.8 Å². The smallest absolute Gasteiger partial charge is 0.201 e. The average molecular weight is 628 g/mol. The van der Waals surface area contributed by atoms with Crippen LogP contribution in [0.25, 0.3) is 32.7 Å². The number of aliphatic hydroxyl groups excluding tert-OH is 1. The molecule has 2 heterocycles. The number of ketones is 1. The number of nitrogens with one attached hydrogen (secondary N) is 1. The molecule has 0 fully saturated rings. The van der Waals surface area contributed by atoms with Crippen LogP contribution in [0.4, 0.5) is 17.1 Å². The largest absolute Gasteiger partial charge is 0.506 e. The maximum atomic E-state index is 14.4. The van der Waals surface area contributed by atoms with E-state index in [-0.39, 0.29) is 22.7 Å². The Morgan fingerprint density at radius 2 is 1.33 bits per heavy atom. The van der Waals surface area contributed by atoms with Crippen molar-refractivity contribution >= 4 is 55.5 Å². The summed E-state index contributed by atoms with van der Waals surface area (Å²) in [6, 6.07) is 40.2. The van der Waals surface area contributed by atoms with Crippen molar-refractivity contribution in [3.63, 3.8) is 0 Å². The van der Waals surface area contributed by atoms with E-state index in [0.717, 1.165) is 49.7 Å². The lowest BCUT2D eigenvalue weighted by Gasteiger charge is -2.46. The summed E-state index contributed by atoms with van der Waals surface area (Å²) in [5.41, 5.74) is 4.26. The first-order chi connectivity index (χ1) is 23.2. The van der Waals surface area contributed by atoms with Gasteiger partial charge in [-0.2, -0.15) is 0 Å². The summed E-state index contributed by atoms with van der Waals surface area (Å²) in [5.74, 6) is 6.58. The summed E-state index contributed by atoms with van der Waals surface area (Å²) in [5, 5.41) is 22.5. The maximum Gasteiger partial charge on any atom is 0.201 e. The zero-order chi connectivity index (χ0) is 32.9. The molecule has 0 radical (unpaired) electrons. The van der Waals surface area contributed by atoms with Gasteiger partial charge in [-0.25, -0.2) is 5.84 Å². The van der Waals surface area contributed by atoms with E-state index >= 15 is 0 Å². The Morgan fingerprint density at radius 3 is 2.02 bits per heavy atom. The first-order valence-electron chi connectivity index (χ1n) is 16.1. The van der Waals surface area contributed by atoms with Crippen molar-refractivity contribution in [2.75, 3.05) is 22.3 Å². The number of nitrogens with zero attached hydrogens (tertiary/aromatic N) is 3. The summed E-state index contributed by atoms with van der Waals surface area (Å²) < 4.78 is 0. The van der Waals surface area contributed by atoms with Crippen molar-refractivity contribution in [1.82, 2.24) is 0 Å². The summed E-state index contributed by atoms with van der Waals surface area (Å²) in [6.45, 7) is 4.11. The highest BCUT2D eigenvalue weighted by atomic mass is 16.3. The van der Waals surface area contributed by atoms with Crippen LogP contribution in [0.3, 0.4) is 0 Å². The molecular formula is C41H33N5O2. The number of rotatable bonds is 3. The molecule has 2 aliphatic heterocycles. The number of anilines is 3. The molecular weight excluding hydrogens is 594 g/mol. The highest BCUT2D eigenvalue weighted by Gasteiger charge is 2.43. The third-order valence-corrected chi connectivity index (χ3v) is 10.6. The highest BCUT2D eigenvalue weighted by molar-refractivity contribution is 6.52. The van der Waals surface area contributed by atoms with E-state index in [9.17, 15) is 9.90 Å². The number of benzene rings is 6. The van der Waals surface area contributed by atoms with Gasteiger partial charge in [-0.05, 0) is 47.9 Å². The summed E-state index contributed by atoms with van der Waals surface area (Å²) in [6.07, 6.45) is 0. The average Bonchev–Trinajstić information content (AvgIpc) is 3.12. The molecule has 9 rings (SSSR count). The molecule has 2 unspecified atom stereocenters. The topological polar surface area (TPSA) is 94.2 Å². The standard InChI is InChI=1S/C41H33N5O2/c1-40(26-14-6-4-7-15-26)43-36-28(22-20-24-12-10-18-30(32(24)36)45(40)3)34-38(47)35(39(34)48)29-23-21-25-13-11-19-31-33(25)37(29)44-41(2,46(31)42)27-16-8-5-9-17-27/h4-23,44,47H,42H2,1-3H3/b34-28+. The number of Topliss-reactive ketones (excluding diaryl/α,β-unsaturated/α-hetero) is 1. The molecule has 0 saturated heterocycles. The molecule has 6 aromatic carbocycles. The van der Waals surface area contributed by atoms with Crippen molar-refractivity contribution in [3.05, 3.63) is 154 Å². The number of hydrogen-bond donors (Lipinski definition) is 3. The van der Waals surface area contributed by atoms with Gasteiger partial charge in [0.25, 0.3) is 0 Å². The molecule has 0 saturated carbocycles. The Labute approximate surface area is 277 Å². The first-order valence-corrected chi connectivity index (χ1v) is 16.1. The van der Waals surface area contributed by atoms with Crippen LogP contribution in [-0.2, 0) is 16.1 Å². The number of carbonyl (C=O) groups excluding carboxylic acids is 1. The second kappa shape index (κ2) is 9.80. The van der Waals surface area contributed by atoms with E-state index in [2.05, 4.69) is 48.5 Å². The number of hydrogen-bond acceptors (Lipinski definition) is 7. The monoisotopic (exact) mass is 627 g/mol. The Kier molecular flexibility index (Phi) is 5.78. The number of hydrazine groups is 1. The van der Waals surface area contributed by atoms with Crippen LogP contribution in [-0.4, -0.2) is 17.9 Å². The number of carbonyl (C=O) groups is 1. The molecule has 2 atom stereocenters. The predicted octanol–water partition coefficient (Wildman–Crippen LogP) is 6.62. The van der Waals surface area contributed by atoms with Crippen molar-refractivity contribution in [2.45, 2.75) is 25.2 Å². The minimum atomic E-state index is -0.820. The van der Waals surface area contributed by atoms with Crippen LogP contribution in [0.5, 0.6) is 0 Å². The Morgan fingerprint density at radius 1 is 0.708 bits per heavy atom. The molecule has 7 nitrogen and oxygen atoms in total. The van der Waals surface area contributed by atoms with Crippen molar-refractivity contribution < 1.29 is 9.90 Å². The zero-order valence-electron chi connectivity index (χ0n) is 26.8. The highest BCUT2D eigenvalue weighted by Crippen LogP contribution is 2.49. The fraction of sp³-hybridized carbons (Fsp3) is 0.122. The maximum absolute atomic E-state index is 14.4. The second-order valence-corrected chi connectivity index (χ2v) is 13.1. The van der Waals surface area contributed by atoms with E-state index in [0.29, 0.717) is 16.1 Å². The lowest BCUT2D eigenvalue weighted by atomic mass is 9.79. The molecule has 6 aromatic rings. The van der Waals surface area contributed by atoms with Gasteiger partial charge in [0.1, 0.15) is 11.4 Å². The van der Waals surface area contributed by atoms with Gasteiger partial charge in [-0.3, -0.25) is 14.8 Å². The SMILES string of the molecule is CN1c2cccc3cc/c(=C4\C(=O)C(c5ccc6cccc7c6c5NC(C)(c5ccccc5)N7N)=C4O)c(c23)=NC1(C)c1ccccc1. The fourth-order valence-electron chi connectivity index (χ4n) is 7.80. The zero-order valence-corrected chi connectivity index (χ0v) is 26.8. The van der Waals surface area contributed by atoms with Crippen molar-refractivity contribution in [1.29, 1.82) is 0 Å². The van der Waals surface area contributed by atoms with Gasteiger partial charge >= 0.3 is 0 Å². The third-order valence-electron chi connectivity index (χ3n) is 10.6. The normalized spacial score (nSPS) is 22.5. The quantitative estimate of drug-likeness (QED) is 0.191. The van der Waals surface area contributed by atoms with Crippen LogP contribution < -0.4 is 31.6 Å². The summed E-state index contributed by atoms with van der Waals surface area (Å²) in [7, 11) is 2.05. The van der Waals surface area contributed by atoms with Gasteiger partial charge in [0.2, 0.25) is 5.78 Å². The van der Waals surface area contributed by atoms with E-state index in [1.165, 1.54) is 0 Å². The van der Waals surface area contributed by atoms with Crippen LogP contribution in [0.1, 0.15) is 30.5 Å². The van der Waals surface area contributed by atoms with E-state index in [1.807, 2.05) is 104 Å². The van der Waals surface area contributed by atoms with Crippen LogP contribution >= 0.6 is 0 Å². The molecule has 0 bridgehead atoms. The molecule has 0 amide bonds. The van der Waals surface area contributed by atoms with Crippen molar-refractivity contribution in [3.8, 4) is 0 Å². The van der Waals surface area contributed by atoms with Crippen LogP contribution in [0.2, 0.25) is 0 Å². The second-order valence-electron chi connectivity index (χ2n) is 13.1. The third kappa shape index (κ3) is 3.62. The Hall–Kier alpha value is -5.92. The molecule has 0 spiro atoms. The Bertz CT molecular complexity index is 2530. The van der Waals surface area contributed by atoms with Gasteiger partial charge in [-0.1, -0.05) is 109 Å². The van der Waals surface area contributed by atoms with E-state index in [4.69, 9.17) is 10.8 Å². The molecule has 3 aliphatic rings. The summed E-state index contributed by atoms with van der Waals surface area (Å²) >= 11 is 0. The van der Waals surface area contributed by atoms with Crippen LogP contribution in [0, 0.1) is 0 Å². The number of nitrogens with two attached hydrogens (primary N) is 1. The minimum Gasteiger partial charge on any atom is -0.506 e.